The first kappa shape index (κ1) is 8.24. The molecule has 0 N–H and O–H groups in total. The van der Waals surface area contributed by atoms with Gasteiger partial charge in [-0.1, -0.05) is 12.8 Å². The fourth-order valence-electron chi connectivity index (χ4n) is 1.77. The maximum absolute atomic E-state index is 11.6. The highest BCUT2D eigenvalue weighted by atomic mass is 16.5. The molecule has 2 fully saturated rings. The van der Waals surface area contributed by atoms with Crippen molar-refractivity contribution in [2.45, 2.75) is 44.6 Å². The Morgan fingerprint density at radius 2 is 1.92 bits per heavy atom. The second-order valence-corrected chi connectivity index (χ2v) is 3.89. The van der Waals surface area contributed by atoms with Crippen molar-refractivity contribution in [1.82, 2.24) is 0 Å². The van der Waals surface area contributed by atoms with Crippen LogP contribution in [0.2, 0.25) is 0 Å². The van der Waals surface area contributed by atoms with Gasteiger partial charge in [-0.3, -0.25) is 4.79 Å². The summed E-state index contributed by atoms with van der Waals surface area (Å²) in [6, 6.07) is 0. The predicted octanol–water partition coefficient (Wildman–Crippen LogP) is 1.92. The van der Waals surface area contributed by atoms with E-state index in [-0.39, 0.29) is 6.10 Å². The standard InChI is InChI=1S/C10H16O2/c11-10(8-5-6-8)9-4-2-1-3-7-12-9/h8-9H,1-7H2. The van der Waals surface area contributed by atoms with Gasteiger partial charge in [0.15, 0.2) is 5.78 Å². The molecule has 0 radical (unpaired) electrons. The molecule has 2 rings (SSSR count). The Bertz CT molecular complexity index is 165. The number of carbonyl (C=O) groups excluding carboxylic acids is 1. The lowest BCUT2D eigenvalue weighted by Gasteiger charge is -2.12. The summed E-state index contributed by atoms with van der Waals surface area (Å²) in [5, 5.41) is 0. The van der Waals surface area contributed by atoms with Crippen LogP contribution in [-0.2, 0) is 9.53 Å². The molecule has 0 aromatic heterocycles. The fraction of sp³-hybridized carbons (Fsp3) is 0.900. The van der Waals surface area contributed by atoms with Crippen LogP contribution in [0.25, 0.3) is 0 Å². The molecule has 1 unspecified atom stereocenters. The van der Waals surface area contributed by atoms with Crippen molar-refractivity contribution in [2.24, 2.45) is 5.92 Å². The Hall–Kier alpha value is -0.370. The first-order chi connectivity index (χ1) is 5.88. The summed E-state index contributed by atoms with van der Waals surface area (Å²) < 4.78 is 5.52. The summed E-state index contributed by atoms with van der Waals surface area (Å²) in [7, 11) is 0. The molecule has 12 heavy (non-hydrogen) atoms. The molecule has 1 atom stereocenters. The van der Waals surface area contributed by atoms with Crippen molar-refractivity contribution in [3.05, 3.63) is 0 Å². The van der Waals surface area contributed by atoms with E-state index < -0.39 is 0 Å². The quantitative estimate of drug-likeness (QED) is 0.629. The summed E-state index contributed by atoms with van der Waals surface area (Å²) in [6.07, 6.45) is 6.68. The highest BCUT2D eigenvalue weighted by Crippen LogP contribution is 2.33. The van der Waals surface area contributed by atoms with Gasteiger partial charge in [-0.15, -0.1) is 0 Å². The van der Waals surface area contributed by atoms with Crippen LogP contribution >= 0.6 is 0 Å². The van der Waals surface area contributed by atoms with Crippen LogP contribution in [0.3, 0.4) is 0 Å². The normalized spacial score (nSPS) is 31.2. The third-order valence-corrected chi connectivity index (χ3v) is 2.73. The van der Waals surface area contributed by atoms with Crippen LogP contribution in [0.15, 0.2) is 0 Å². The molecule has 1 aliphatic carbocycles. The molecular weight excluding hydrogens is 152 g/mol. The molecule has 68 valence electrons. The number of hydrogen-bond donors (Lipinski definition) is 0. The van der Waals surface area contributed by atoms with Crippen molar-refractivity contribution in [3.8, 4) is 0 Å². The van der Waals surface area contributed by atoms with Crippen molar-refractivity contribution in [1.29, 1.82) is 0 Å². The number of carbonyl (C=O) groups is 1. The van der Waals surface area contributed by atoms with Gasteiger partial charge in [0.05, 0.1) is 0 Å². The van der Waals surface area contributed by atoms with Crippen LogP contribution in [-0.4, -0.2) is 18.5 Å². The molecule has 1 saturated carbocycles. The summed E-state index contributed by atoms with van der Waals surface area (Å²) in [4.78, 5) is 11.6. The molecule has 0 bridgehead atoms. The zero-order valence-corrected chi connectivity index (χ0v) is 7.42. The maximum atomic E-state index is 11.6. The number of ketones is 1. The van der Waals surface area contributed by atoms with E-state index in [2.05, 4.69) is 0 Å². The lowest BCUT2D eigenvalue weighted by molar-refractivity contribution is -0.131. The minimum absolute atomic E-state index is 0.0417. The summed E-state index contributed by atoms with van der Waals surface area (Å²) in [5.41, 5.74) is 0. The molecule has 0 amide bonds. The van der Waals surface area contributed by atoms with E-state index in [9.17, 15) is 4.79 Å². The number of Topliss-reactive ketones (excluding diaryl/α,β-unsaturated/α-hetero) is 1. The van der Waals surface area contributed by atoms with Gasteiger partial charge in [-0.05, 0) is 25.7 Å². The topological polar surface area (TPSA) is 26.3 Å². The smallest absolute Gasteiger partial charge is 0.164 e. The average molecular weight is 168 g/mol. The molecule has 1 heterocycles. The fourth-order valence-corrected chi connectivity index (χ4v) is 1.77. The lowest BCUT2D eigenvalue weighted by Crippen LogP contribution is -2.24. The zero-order chi connectivity index (χ0) is 8.39. The molecule has 0 spiro atoms. The van der Waals surface area contributed by atoms with Crippen LogP contribution in [0, 0.1) is 5.92 Å². The average Bonchev–Trinajstić information content (AvgIpc) is 2.92. The zero-order valence-electron chi connectivity index (χ0n) is 7.42. The van der Waals surface area contributed by atoms with E-state index in [1.165, 1.54) is 12.8 Å². The minimum Gasteiger partial charge on any atom is -0.370 e. The number of ether oxygens (including phenoxy) is 1. The van der Waals surface area contributed by atoms with E-state index >= 15 is 0 Å². The molecule has 0 aromatic rings. The van der Waals surface area contributed by atoms with Crippen LogP contribution in [0.5, 0.6) is 0 Å². The third kappa shape index (κ3) is 1.86. The van der Waals surface area contributed by atoms with Crippen molar-refractivity contribution < 1.29 is 9.53 Å². The van der Waals surface area contributed by atoms with Crippen LogP contribution in [0.1, 0.15) is 38.5 Å². The summed E-state index contributed by atoms with van der Waals surface area (Å²) in [5.74, 6) is 0.755. The van der Waals surface area contributed by atoms with Gasteiger partial charge in [0.2, 0.25) is 0 Å². The largest absolute Gasteiger partial charge is 0.370 e. The Balaban J connectivity index is 1.87. The first-order valence-electron chi connectivity index (χ1n) is 5.03. The second kappa shape index (κ2) is 3.56. The number of hydrogen-bond acceptors (Lipinski definition) is 2. The lowest BCUT2D eigenvalue weighted by atomic mass is 10.1. The summed E-state index contributed by atoms with van der Waals surface area (Å²) in [6.45, 7) is 0.795. The molecule has 2 nitrogen and oxygen atoms in total. The van der Waals surface area contributed by atoms with E-state index in [4.69, 9.17) is 4.74 Å². The van der Waals surface area contributed by atoms with Gasteiger partial charge in [-0.25, -0.2) is 0 Å². The second-order valence-electron chi connectivity index (χ2n) is 3.89. The number of rotatable bonds is 2. The van der Waals surface area contributed by atoms with E-state index in [1.54, 1.807) is 0 Å². The predicted molar refractivity (Wildman–Crippen MR) is 45.9 cm³/mol. The Kier molecular flexibility index (Phi) is 2.45. The van der Waals surface area contributed by atoms with Crippen molar-refractivity contribution in [2.75, 3.05) is 6.61 Å². The van der Waals surface area contributed by atoms with Gasteiger partial charge >= 0.3 is 0 Å². The van der Waals surface area contributed by atoms with E-state index in [1.807, 2.05) is 0 Å². The van der Waals surface area contributed by atoms with Crippen LogP contribution < -0.4 is 0 Å². The maximum Gasteiger partial charge on any atom is 0.164 e. The third-order valence-electron chi connectivity index (χ3n) is 2.73. The monoisotopic (exact) mass is 168 g/mol. The van der Waals surface area contributed by atoms with Gasteiger partial charge in [0.1, 0.15) is 6.10 Å². The van der Waals surface area contributed by atoms with Crippen molar-refractivity contribution in [3.63, 3.8) is 0 Å². The van der Waals surface area contributed by atoms with Gasteiger partial charge < -0.3 is 4.74 Å². The van der Waals surface area contributed by atoms with Crippen LogP contribution in [0.4, 0.5) is 0 Å². The molecule has 2 heteroatoms. The summed E-state index contributed by atoms with van der Waals surface area (Å²) >= 11 is 0. The molecule has 0 aromatic carbocycles. The Labute approximate surface area is 73.3 Å². The van der Waals surface area contributed by atoms with Gasteiger partial charge in [0.25, 0.3) is 0 Å². The molecular formula is C10H16O2. The first-order valence-corrected chi connectivity index (χ1v) is 5.03. The molecule has 2 aliphatic rings. The van der Waals surface area contributed by atoms with Crippen molar-refractivity contribution >= 4 is 5.78 Å². The van der Waals surface area contributed by atoms with Gasteiger partial charge in [0, 0.05) is 12.5 Å². The highest BCUT2D eigenvalue weighted by molar-refractivity contribution is 5.87. The Morgan fingerprint density at radius 3 is 2.67 bits per heavy atom. The molecule has 1 aliphatic heterocycles. The van der Waals surface area contributed by atoms with E-state index in [0.29, 0.717) is 11.7 Å². The molecule has 1 saturated heterocycles. The highest BCUT2D eigenvalue weighted by Gasteiger charge is 2.35. The van der Waals surface area contributed by atoms with E-state index in [0.717, 1.165) is 32.3 Å². The Morgan fingerprint density at radius 1 is 1.08 bits per heavy atom. The van der Waals surface area contributed by atoms with Gasteiger partial charge in [-0.2, -0.15) is 0 Å². The SMILES string of the molecule is O=C(C1CC1)C1CCCCCO1. The minimum atomic E-state index is -0.0417.